The van der Waals surface area contributed by atoms with Crippen molar-refractivity contribution in [3.8, 4) is 0 Å². The minimum atomic E-state index is 0.147. The highest BCUT2D eigenvalue weighted by molar-refractivity contribution is 7.80. The van der Waals surface area contributed by atoms with Crippen molar-refractivity contribution in [1.29, 1.82) is 0 Å². The molecule has 192 valence electrons. The maximum Gasteiger partial charge on any atom is 0.174 e. The fourth-order valence-corrected chi connectivity index (χ4v) is 5.30. The molecule has 0 aliphatic carbocycles. The fraction of sp³-hybridized carbons (Fsp3) is 0.467. The number of thiocarbonyl (C=S) groups is 1. The first-order valence-electron chi connectivity index (χ1n) is 13.4. The molecule has 0 saturated carbocycles. The van der Waals surface area contributed by atoms with Crippen LogP contribution in [0.4, 0.5) is 5.69 Å². The average Bonchev–Trinajstić information content (AvgIpc) is 2.90. The Morgan fingerprint density at radius 1 is 1.08 bits per heavy atom. The lowest BCUT2D eigenvalue weighted by atomic mass is 9.93. The zero-order valence-corrected chi connectivity index (χ0v) is 22.2. The summed E-state index contributed by atoms with van der Waals surface area (Å²) in [7, 11) is 0. The van der Waals surface area contributed by atoms with Crippen molar-refractivity contribution in [2.75, 3.05) is 18.5 Å². The Morgan fingerprint density at radius 3 is 2.72 bits per heavy atom. The second kappa shape index (κ2) is 13.7. The molecule has 0 spiro atoms. The zero-order valence-electron chi connectivity index (χ0n) is 21.4. The van der Waals surface area contributed by atoms with Gasteiger partial charge in [0.15, 0.2) is 5.11 Å². The molecule has 0 amide bonds. The van der Waals surface area contributed by atoms with Crippen LogP contribution in [0.1, 0.15) is 68.7 Å². The largest absolute Gasteiger partial charge is 0.396 e. The molecule has 1 aliphatic heterocycles. The van der Waals surface area contributed by atoms with Gasteiger partial charge >= 0.3 is 0 Å². The van der Waals surface area contributed by atoms with E-state index in [1.165, 1.54) is 43.2 Å². The fourth-order valence-electron chi connectivity index (χ4n) is 4.98. The van der Waals surface area contributed by atoms with E-state index in [1.807, 2.05) is 12.3 Å². The van der Waals surface area contributed by atoms with E-state index in [2.05, 4.69) is 64.6 Å². The molecule has 6 heteroatoms. The first-order valence-corrected chi connectivity index (χ1v) is 13.8. The highest BCUT2D eigenvalue weighted by Crippen LogP contribution is 2.28. The third-order valence-corrected chi connectivity index (χ3v) is 7.37. The van der Waals surface area contributed by atoms with Crippen LogP contribution < -0.4 is 5.32 Å². The average molecular weight is 506 g/mol. The van der Waals surface area contributed by atoms with Crippen LogP contribution in [0.15, 0.2) is 54.7 Å². The number of ether oxygens (including phenoxy) is 1. The normalized spacial score (nSPS) is 15.2. The van der Waals surface area contributed by atoms with E-state index in [0.717, 1.165) is 48.1 Å². The minimum absolute atomic E-state index is 0.147. The van der Waals surface area contributed by atoms with Crippen LogP contribution in [-0.4, -0.2) is 39.4 Å². The number of aliphatic hydroxyl groups excluding tert-OH is 1. The van der Waals surface area contributed by atoms with Gasteiger partial charge in [-0.3, -0.25) is 4.98 Å². The van der Waals surface area contributed by atoms with Gasteiger partial charge in [0.25, 0.3) is 0 Å². The molecule has 5 nitrogen and oxygen atoms in total. The molecule has 2 N–H and O–H groups in total. The first kappa shape index (κ1) is 26.5. The number of aromatic nitrogens is 1. The van der Waals surface area contributed by atoms with Crippen molar-refractivity contribution >= 4 is 33.8 Å². The monoisotopic (exact) mass is 505 g/mol. The zero-order chi connectivity index (χ0) is 25.2. The summed E-state index contributed by atoms with van der Waals surface area (Å²) in [5, 5.41) is 16.0. The number of aliphatic hydroxyl groups is 1. The van der Waals surface area contributed by atoms with Crippen molar-refractivity contribution in [3.63, 3.8) is 0 Å². The summed E-state index contributed by atoms with van der Waals surface area (Å²) in [5.74, 6) is 0. The van der Waals surface area contributed by atoms with Crippen LogP contribution in [-0.2, 0) is 24.3 Å². The lowest BCUT2D eigenvalue weighted by Gasteiger charge is -2.38. The summed E-state index contributed by atoms with van der Waals surface area (Å²) < 4.78 is 5.92. The summed E-state index contributed by atoms with van der Waals surface area (Å²) in [6.07, 6.45) is 11.1. The number of hydrogen-bond donors (Lipinski definition) is 2. The number of unbranched alkanes of at least 4 members (excludes halogenated alkanes) is 5. The van der Waals surface area contributed by atoms with Crippen LogP contribution in [0.25, 0.3) is 10.8 Å². The lowest BCUT2D eigenvalue weighted by molar-refractivity contribution is 0.114. The Balaban J connectivity index is 1.40. The second-order valence-electron chi connectivity index (χ2n) is 9.72. The summed E-state index contributed by atoms with van der Waals surface area (Å²) in [4.78, 5) is 6.83. The predicted octanol–water partition coefficient (Wildman–Crippen LogP) is 6.62. The van der Waals surface area contributed by atoms with E-state index in [1.54, 1.807) is 0 Å². The number of nitrogens with zero attached hydrogens (tertiary/aromatic N) is 2. The Kier molecular flexibility index (Phi) is 10.1. The smallest absolute Gasteiger partial charge is 0.174 e. The molecule has 36 heavy (non-hydrogen) atoms. The van der Waals surface area contributed by atoms with Gasteiger partial charge in [-0.25, -0.2) is 0 Å². The molecule has 0 radical (unpaired) electrons. The van der Waals surface area contributed by atoms with Gasteiger partial charge < -0.3 is 20.1 Å². The van der Waals surface area contributed by atoms with Crippen molar-refractivity contribution in [1.82, 2.24) is 9.88 Å². The number of pyridine rings is 1. The van der Waals surface area contributed by atoms with Crippen LogP contribution in [0, 0.1) is 0 Å². The second-order valence-corrected chi connectivity index (χ2v) is 10.1. The Labute approximate surface area is 220 Å². The molecule has 0 saturated heterocycles. The van der Waals surface area contributed by atoms with Crippen molar-refractivity contribution in [3.05, 3.63) is 71.5 Å². The van der Waals surface area contributed by atoms with Gasteiger partial charge in [0.2, 0.25) is 0 Å². The van der Waals surface area contributed by atoms with E-state index >= 15 is 0 Å². The van der Waals surface area contributed by atoms with Crippen LogP contribution in [0.5, 0.6) is 0 Å². The van der Waals surface area contributed by atoms with E-state index < -0.39 is 0 Å². The molecule has 2 heterocycles. The highest BCUT2D eigenvalue weighted by atomic mass is 32.1. The van der Waals surface area contributed by atoms with Gasteiger partial charge in [0.1, 0.15) is 0 Å². The molecular weight excluding hydrogens is 466 g/mol. The number of benzene rings is 2. The molecule has 0 fully saturated rings. The van der Waals surface area contributed by atoms with Crippen molar-refractivity contribution in [2.45, 2.75) is 77.5 Å². The maximum absolute atomic E-state index is 9.67. The van der Waals surface area contributed by atoms with Gasteiger partial charge in [0.05, 0.1) is 12.3 Å². The van der Waals surface area contributed by atoms with Gasteiger partial charge in [0, 0.05) is 48.5 Å². The predicted molar refractivity (Wildman–Crippen MR) is 152 cm³/mol. The number of rotatable bonds is 12. The molecule has 1 aliphatic rings. The number of fused-ring (bicyclic) bond motifs is 2. The van der Waals surface area contributed by atoms with Crippen LogP contribution >= 0.6 is 12.2 Å². The minimum Gasteiger partial charge on any atom is -0.396 e. The van der Waals surface area contributed by atoms with Gasteiger partial charge in [-0.1, -0.05) is 75.4 Å². The SMILES string of the molecule is CCCCCCCCOCc1cc2c(NC(=S)N3Cc4ccccc4C[C@H]3CCO)cccc2cn1. The Bertz CT molecular complexity index is 1140. The van der Waals surface area contributed by atoms with E-state index in [-0.39, 0.29) is 12.6 Å². The van der Waals surface area contributed by atoms with Crippen molar-refractivity contribution in [2.24, 2.45) is 0 Å². The van der Waals surface area contributed by atoms with E-state index in [4.69, 9.17) is 17.0 Å². The van der Waals surface area contributed by atoms with E-state index in [0.29, 0.717) is 18.1 Å². The van der Waals surface area contributed by atoms with Crippen LogP contribution in [0.2, 0.25) is 0 Å². The Morgan fingerprint density at radius 2 is 1.89 bits per heavy atom. The molecule has 1 aromatic heterocycles. The van der Waals surface area contributed by atoms with Gasteiger partial charge in [-0.15, -0.1) is 0 Å². The highest BCUT2D eigenvalue weighted by Gasteiger charge is 2.27. The number of nitrogens with one attached hydrogen (secondary N) is 1. The van der Waals surface area contributed by atoms with E-state index in [9.17, 15) is 5.11 Å². The molecule has 4 rings (SSSR count). The maximum atomic E-state index is 9.67. The third kappa shape index (κ3) is 7.02. The lowest BCUT2D eigenvalue weighted by Crippen LogP contribution is -2.46. The summed E-state index contributed by atoms with van der Waals surface area (Å²) in [6, 6.07) is 17.0. The summed E-state index contributed by atoms with van der Waals surface area (Å²) >= 11 is 5.90. The molecular formula is C30H39N3O2S. The molecule has 0 unspecified atom stereocenters. The van der Waals surface area contributed by atoms with Crippen LogP contribution in [0.3, 0.4) is 0 Å². The molecule has 0 bridgehead atoms. The quantitative estimate of drug-likeness (QED) is 0.213. The van der Waals surface area contributed by atoms with Gasteiger partial charge in [-0.2, -0.15) is 0 Å². The Hall–Kier alpha value is -2.54. The topological polar surface area (TPSA) is 57.6 Å². The molecule has 2 aromatic carbocycles. The number of hydrogen-bond acceptors (Lipinski definition) is 4. The molecule has 1 atom stereocenters. The molecule has 3 aromatic rings. The van der Waals surface area contributed by atoms with Crippen molar-refractivity contribution < 1.29 is 9.84 Å². The summed E-state index contributed by atoms with van der Waals surface area (Å²) in [5.41, 5.74) is 4.54. The summed E-state index contributed by atoms with van der Waals surface area (Å²) in [6.45, 7) is 4.43. The third-order valence-electron chi connectivity index (χ3n) is 7.03. The first-order chi connectivity index (χ1) is 17.7. The standard InChI is InChI=1S/C30H39N3O2S/c1-2-3-4-5-6-9-17-35-22-26-19-28-24(20-31-26)13-10-14-29(28)32-30(36)33-21-25-12-8-7-11-23(25)18-27(33)15-16-34/h7-8,10-14,19-20,27,34H,2-6,9,15-18,21-22H2,1H3,(H,32,36)/t27-/m1/s1. The van der Waals surface area contributed by atoms with Gasteiger partial charge in [-0.05, 0) is 54.7 Å². The number of anilines is 1.